The summed E-state index contributed by atoms with van der Waals surface area (Å²) in [7, 11) is 0. The third-order valence-corrected chi connectivity index (χ3v) is 7.19. The third kappa shape index (κ3) is 3.85. The van der Waals surface area contributed by atoms with Crippen molar-refractivity contribution in [1.29, 1.82) is 0 Å². The molecule has 0 radical (unpaired) electrons. The Bertz CT molecular complexity index is 198. The van der Waals surface area contributed by atoms with Crippen LogP contribution < -0.4 is 5.32 Å². The molecule has 0 spiro atoms. The Balaban J connectivity index is 2.57. The molecule has 5 unspecified atom stereocenters. The maximum absolute atomic E-state index is 3.70. The largest absolute Gasteiger partial charge is 0.313 e. The molecule has 0 bridgehead atoms. The van der Waals surface area contributed by atoms with E-state index in [0.717, 1.165) is 28.2 Å². The van der Waals surface area contributed by atoms with Gasteiger partial charge in [-0.05, 0) is 12.5 Å². The molecular formula is C13H27NS2. The van der Waals surface area contributed by atoms with Gasteiger partial charge in [-0.25, -0.2) is 0 Å². The quantitative estimate of drug-likeness (QED) is 0.811. The minimum absolute atomic E-state index is 0.697. The molecule has 3 heteroatoms. The molecule has 1 nitrogen and oxygen atoms in total. The van der Waals surface area contributed by atoms with Crippen LogP contribution in [0, 0.1) is 5.92 Å². The average Bonchev–Trinajstić information content (AvgIpc) is 2.29. The van der Waals surface area contributed by atoms with E-state index in [1.165, 1.54) is 12.2 Å². The van der Waals surface area contributed by atoms with E-state index in [1.54, 1.807) is 0 Å². The Hall–Kier alpha value is 0.660. The van der Waals surface area contributed by atoms with Crippen molar-refractivity contribution in [3.05, 3.63) is 0 Å². The van der Waals surface area contributed by atoms with Crippen LogP contribution in [-0.2, 0) is 0 Å². The second kappa shape index (κ2) is 7.17. The number of nitrogens with one attached hydrogen (secondary N) is 1. The van der Waals surface area contributed by atoms with E-state index in [-0.39, 0.29) is 0 Å². The minimum atomic E-state index is 0.697. The Kier molecular flexibility index (Phi) is 6.60. The predicted molar refractivity (Wildman–Crippen MR) is 79.7 cm³/mol. The van der Waals surface area contributed by atoms with Crippen molar-refractivity contribution < 1.29 is 0 Å². The predicted octanol–water partition coefficient (Wildman–Crippen LogP) is 3.64. The van der Waals surface area contributed by atoms with Crippen LogP contribution >= 0.6 is 23.5 Å². The highest BCUT2D eigenvalue weighted by Gasteiger charge is 2.32. The molecule has 1 rings (SSSR count). The number of hydrogen-bond acceptors (Lipinski definition) is 3. The summed E-state index contributed by atoms with van der Waals surface area (Å²) in [6.45, 7) is 12.8. The maximum atomic E-state index is 3.70. The highest BCUT2D eigenvalue weighted by molar-refractivity contribution is 8.07. The van der Waals surface area contributed by atoms with Gasteiger partial charge in [0.25, 0.3) is 0 Å². The smallest absolute Gasteiger partial charge is 0.0297 e. The molecule has 0 aliphatic carbocycles. The van der Waals surface area contributed by atoms with Gasteiger partial charge in [0.05, 0.1) is 0 Å². The van der Waals surface area contributed by atoms with E-state index in [9.17, 15) is 0 Å². The molecule has 1 saturated heterocycles. The first-order chi connectivity index (χ1) is 7.60. The molecule has 96 valence electrons. The topological polar surface area (TPSA) is 12.0 Å². The number of rotatable bonds is 5. The average molecular weight is 262 g/mol. The normalized spacial score (nSPS) is 34.7. The Morgan fingerprint density at radius 2 is 1.94 bits per heavy atom. The highest BCUT2D eigenvalue weighted by atomic mass is 32.2. The van der Waals surface area contributed by atoms with E-state index >= 15 is 0 Å². The summed E-state index contributed by atoms with van der Waals surface area (Å²) in [6.07, 6.45) is 1.28. The summed E-state index contributed by atoms with van der Waals surface area (Å²) in [4.78, 5) is 0. The third-order valence-electron chi connectivity index (χ3n) is 3.67. The van der Waals surface area contributed by atoms with E-state index in [2.05, 4.69) is 63.5 Å². The molecule has 1 aliphatic rings. The van der Waals surface area contributed by atoms with Gasteiger partial charge in [0.15, 0.2) is 0 Å². The lowest BCUT2D eigenvalue weighted by atomic mass is 9.96. The second-order valence-electron chi connectivity index (χ2n) is 4.89. The van der Waals surface area contributed by atoms with Gasteiger partial charge >= 0.3 is 0 Å². The molecular weight excluding hydrogens is 234 g/mol. The lowest BCUT2D eigenvalue weighted by Crippen LogP contribution is -2.47. The zero-order chi connectivity index (χ0) is 12.1. The molecule has 5 atom stereocenters. The monoisotopic (exact) mass is 261 g/mol. The summed E-state index contributed by atoms with van der Waals surface area (Å²) < 4.78 is 0. The van der Waals surface area contributed by atoms with Gasteiger partial charge in [-0.3, -0.25) is 0 Å². The fraction of sp³-hybridized carbons (Fsp3) is 1.00. The molecule has 1 heterocycles. The van der Waals surface area contributed by atoms with Crippen LogP contribution in [0.5, 0.6) is 0 Å². The standard InChI is InChI=1S/C13H27NS2/c1-6-9(3)13(14-7-2)12-8-15-10(4)11(5)16-12/h9-14H,6-8H2,1-5H3. The first-order valence-electron chi connectivity index (χ1n) is 6.60. The van der Waals surface area contributed by atoms with E-state index in [1.807, 2.05) is 0 Å². The van der Waals surface area contributed by atoms with Gasteiger partial charge in [-0.1, -0.05) is 41.0 Å². The fourth-order valence-electron chi connectivity index (χ4n) is 2.18. The first kappa shape index (κ1) is 14.7. The fourth-order valence-corrected chi connectivity index (χ4v) is 5.44. The van der Waals surface area contributed by atoms with Gasteiger partial charge in [0.1, 0.15) is 0 Å². The lowest BCUT2D eigenvalue weighted by molar-refractivity contribution is 0.372. The van der Waals surface area contributed by atoms with Gasteiger partial charge in [-0.15, -0.1) is 0 Å². The molecule has 0 aromatic heterocycles. The zero-order valence-electron chi connectivity index (χ0n) is 11.3. The van der Waals surface area contributed by atoms with E-state index in [4.69, 9.17) is 0 Å². The van der Waals surface area contributed by atoms with Gasteiger partial charge in [-0.2, -0.15) is 23.5 Å². The SMILES string of the molecule is CCNC(C(C)CC)C1CSC(C)C(C)S1. The highest BCUT2D eigenvalue weighted by Crippen LogP contribution is 2.38. The molecule has 1 aliphatic heterocycles. The van der Waals surface area contributed by atoms with Crippen molar-refractivity contribution in [2.75, 3.05) is 12.3 Å². The maximum Gasteiger partial charge on any atom is 0.0297 e. The summed E-state index contributed by atoms with van der Waals surface area (Å²) in [6, 6.07) is 0.697. The molecule has 0 saturated carbocycles. The van der Waals surface area contributed by atoms with Crippen molar-refractivity contribution in [2.45, 2.75) is 62.8 Å². The Morgan fingerprint density at radius 1 is 1.25 bits per heavy atom. The van der Waals surface area contributed by atoms with Gasteiger partial charge in [0.2, 0.25) is 0 Å². The summed E-state index contributed by atoms with van der Waals surface area (Å²) >= 11 is 4.36. The summed E-state index contributed by atoms with van der Waals surface area (Å²) in [5.41, 5.74) is 0. The Morgan fingerprint density at radius 3 is 2.44 bits per heavy atom. The van der Waals surface area contributed by atoms with Crippen LogP contribution in [0.4, 0.5) is 0 Å². The van der Waals surface area contributed by atoms with Crippen molar-refractivity contribution >= 4 is 23.5 Å². The summed E-state index contributed by atoms with van der Waals surface area (Å²) in [5.74, 6) is 2.11. The minimum Gasteiger partial charge on any atom is -0.313 e. The van der Waals surface area contributed by atoms with E-state index in [0.29, 0.717) is 6.04 Å². The van der Waals surface area contributed by atoms with E-state index < -0.39 is 0 Å². The van der Waals surface area contributed by atoms with Crippen LogP contribution in [0.3, 0.4) is 0 Å². The number of hydrogen-bond donors (Lipinski definition) is 1. The van der Waals surface area contributed by atoms with Crippen LogP contribution in [0.15, 0.2) is 0 Å². The first-order valence-corrected chi connectivity index (χ1v) is 8.59. The van der Waals surface area contributed by atoms with Crippen molar-refractivity contribution in [2.24, 2.45) is 5.92 Å². The van der Waals surface area contributed by atoms with Crippen molar-refractivity contribution in [3.8, 4) is 0 Å². The molecule has 0 aromatic rings. The number of thioether (sulfide) groups is 2. The molecule has 1 fully saturated rings. The second-order valence-corrected chi connectivity index (χ2v) is 7.92. The van der Waals surface area contributed by atoms with Crippen LogP contribution in [0.1, 0.15) is 41.0 Å². The van der Waals surface area contributed by atoms with Gasteiger partial charge < -0.3 is 5.32 Å². The zero-order valence-corrected chi connectivity index (χ0v) is 13.0. The summed E-state index contributed by atoms with van der Waals surface area (Å²) in [5, 5.41) is 6.12. The lowest BCUT2D eigenvalue weighted by Gasteiger charge is -2.38. The molecule has 16 heavy (non-hydrogen) atoms. The van der Waals surface area contributed by atoms with Crippen LogP contribution in [-0.4, -0.2) is 34.1 Å². The Labute approximate surface area is 110 Å². The van der Waals surface area contributed by atoms with Crippen molar-refractivity contribution in [1.82, 2.24) is 5.32 Å². The molecule has 0 amide bonds. The van der Waals surface area contributed by atoms with Gasteiger partial charge in [0, 0.05) is 27.5 Å². The molecule has 1 N–H and O–H groups in total. The van der Waals surface area contributed by atoms with Crippen molar-refractivity contribution in [3.63, 3.8) is 0 Å². The van der Waals surface area contributed by atoms with Crippen LogP contribution in [0.25, 0.3) is 0 Å². The molecule has 0 aromatic carbocycles. The van der Waals surface area contributed by atoms with Crippen LogP contribution in [0.2, 0.25) is 0 Å².